The van der Waals surface area contributed by atoms with Gasteiger partial charge >= 0.3 is 6.09 Å². The van der Waals surface area contributed by atoms with Gasteiger partial charge in [-0.05, 0) is 15.9 Å². The summed E-state index contributed by atoms with van der Waals surface area (Å²) in [6.07, 6.45) is 1.85. The van der Waals surface area contributed by atoms with Crippen LogP contribution in [0.4, 0.5) is 4.79 Å². The molecule has 58 valence electrons. The van der Waals surface area contributed by atoms with Crippen LogP contribution in [0.25, 0.3) is 0 Å². The zero-order valence-corrected chi connectivity index (χ0v) is 6.91. The van der Waals surface area contributed by atoms with Crippen molar-refractivity contribution in [3.05, 3.63) is 17.0 Å². The second-order valence-corrected chi connectivity index (χ2v) is 2.41. The third kappa shape index (κ3) is 2.50. The van der Waals surface area contributed by atoms with E-state index < -0.39 is 6.09 Å². The lowest BCUT2D eigenvalue weighted by atomic mass is 10.7. The molecular weight excluding hydrogens is 214 g/mol. The van der Waals surface area contributed by atoms with Crippen LogP contribution in [0.3, 0.4) is 0 Å². The third-order valence-electron chi connectivity index (χ3n) is 0.788. The van der Waals surface area contributed by atoms with Crippen LogP contribution in [0.5, 0.6) is 5.88 Å². The van der Waals surface area contributed by atoms with Crippen molar-refractivity contribution < 1.29 is 9.53 Å². The number of primary amides is 1. The van der Waals surface area contributed by atoms with Gasteiger partial charge in [-0.25, -0.2) is 9.78 Å². The first-order chi connectivity index (χ1) is 5.18. The first kappa shape index (κ1) is 7.93. The van der Waals surface area contributed by atoms with E-state index in [9.17, 15) is 4.79 Å². The number of nitrogens with zero attached hydrogens (tertiary/aromatic N) is 2. The standard InChI is InChI=1S/C5H4BrN3O2/c6-3-1-8-2-4(9-3)11-5(7)10/h1-2H,(H2,7,10). The summed E-state index contributed by atoms with van der Waals surface area (Å²) < 4.78 is 4.91. The maximum absolute atomic E-state index is 10.2. The van der Waals surface area contributed by atoms with Crippen molar-refractivity contribution >= 4 is 22.0 Å². The highest BCUT2D eigenvalue weighted by molar-refractivity contribution is 9.10. The van der Waals surface area contributed by atoms with Crippen LogP contribution in [-0.4, -0.2) is 16.1 Å². The molecule has 0 saturated heterocycles. The molecule has 0 fully saturated rings. The lowest BCUT2D eigenvalue weighted by Gasteiger charge is -1.97. The number of ether oxygens (including phenoxy) is 1. The Morgan fingerprint density at radius 2 is 2.36 bits per heavy atom. The van der Waals surface area contributed by atoms with E-state index in [4.69, 9.17) is 5.73 Å². The van der Waals surface area contributed by atoms with E-state index in [1.165, 1.54) is 12.4 Å². The minimum atomic E-state index is -0.905. The molecule has 5 nitrogen and oxygen atoms in total. The van der Waals surface area contributed by atoms with Gasteiger partial charge in [-0.3, -0.25) is 4.98 Å². The molecule has 11 heavy (non-hydrogen) atoms. The number of hydrogen-bond donors (Lipinski definition) is 1. The van der Waals surface area contributed by atoms with E-state index in [2.05, 4.69) is 30.6 Å². The number of rotatable bonds is 1. The van der Waals surface area contributed by atoms with Gasteiger partial charge in [0.1, 0.15) is 4.60 Å². The fraction of sp³-hybridized carbons (Fsp3) is 0. The molecule has 1 heterocycles. The second kappa shape index (κ2) is 3.29. The Hall–Kier alpha value is -1.17. The number of amides is 1. The highest BCUT2D eigenvalue weighted by Crippen LogP contribution is 2.09. The van der Waals surface area contributed by atoms with Crippen molar-refractivity contribution in [2.75, 3.05) is 0 Å². The molecule has 0 bridgehead atoms. The minimum absolute atomic E-state index is 0.0758. The van der Waals surface area contributed by atoms with Crippen LogP contribution in [0.15, 0.2) is 17.0 Å². The Morgan fingerprint density at radius 1 is 1.64 bits per heavy atom. The number of carbonyl (C=O) groups excluding carboxylic acids is 1. The van der Waals surface area contributed by atoms with E-state index in [1.807, 2.05) is 0 Å². The van der Waals surface area contributed by atoms with Gasteiger partial charge < -0.3 is 10.5 Å². The largest absolute Gasteiger partial charge is 0.411 e. The first-order valence-corrected chi connectivity index (χ1v) is 3.42. The second-order valence-electron chi connectivity index (χ2n) is 1.60. The summed E-state index contributed by atoms with van der Waals surface area (Å²) in [4.78, 5) is 17.6. The molecule has 0 spiro atoms. The lowest BCUT2D eigenvalue weighted by molar-refractivity contribution is 0.208. The number of nitrogens with two attached hydrogens (primary N) is 1. The van der Waals surface area contributed by atoms with Gasteiger partial charge in [0.05, 0.1) is 12.4 Å². The maximum atomic E-state index is 10.2. The van der Waals surface area contributed by atoms with Crippen LogP contribution in [0.2, 0.25) is 0 Å². The third-order valence-corrected chi connectivity index (χ3v) is 1.17. The Labute approximate surface area is 70.7 Å². The molecule has 1 aromatic rings. The Morgan fingerprint density at radius 3 is 2.91 bits per heavy atom. The fourth-order valence-corrected chi connectivity index (χ4v) is 0.771. The number of hydrogen-bond acceptors (Lipinski definition) is 4. The highest BCUT2D eigenvalue weighted by atomic mass is 79.9. The van der Waals surface area contributed by atoms with E-state index in [1.54, 1.807) is 0 Å². The quantitative estimate of drug-likeness (QED) is 0.752. The molecule has 0 aliphatic carbocycles. The molecule has 1 aromatic heterocycles. The first-order valence-electron chi connectivity index (χ1n) is 2.63. The van der Waals surface area contributed by atoms with Crippen molar-refractivity contribution in [3.8, 4) is 5.88 Å². The summed E-state index contributed by atoms with van der Waals surface area (Å²) in [7, 11) is 0. The molecule has 1 rings (SSSR count). The van der Waals surface area contributed by atoms with Gasteiger partial charge in [0.2, 0.25) is 5.88 Å². The zero-order chi connectivity index (χ0) is 8.27. The van der Waals surface area contributed by atoms with Gasteiger partial charge in [-0.15, -0.1) is 0 Å². The van der Waals surface area contributed by atoms with Crippen LogP contribution in [0.1, 0.15) is 0 Å². The number of carbonyl (C=O) groups is 1. The topological polar surface area (TPSA) is 78.1 Å². The molecule has 2 N–H and O–H groups in total. The van der Waals surface area contributed by atoms with Crippen molar-refractivity contribution in [2.45, 2.75) is 0 Å². The van der Waals surface area contributed by atoms with Crippen molar-refractivity contribution in [1.29, 1.82) is 0 Å². The molecule has 0 aromatic carbocycles. The summed E-state index contributed by atoms with van der Waals surface area (Å²) in [5.41, 5.74) is 4.73. The Bertz CT molecular complexity index is 278. The maximum Gasteiger partial charge on any atom is 0.411 e. The molecule has 0 atom stereocenters. The zero-order valence-electron chi connectivity index (χ0n) is 5.32. The van der Waals surface area contributed by atoms with Gasteiger partial charge in [0.25, 0.3) is 0 Å². The van der Waals surface area contributed by atoms with E-state index in [0.29, 0.717) is 4.60 Å². The highest BCUT2D eigenvalue weighted by Gasteiger charge is 1.99. The Kier molecular flexibility index (Phi) is 2.37. The van der Waals surface area contributed by atoms with Crippen molar-refractivity contribution in [2.24, 2.45) is 5.73 Å². The number of halogens is 1. The summed E-state index contributed by atoms with van der Waals surface area (Å²) in [5, 5.41) is 0. The van der Waals surface area contributed by atoms with Crippen LogP contribution < -0.4 is 10.5 Å². The summed E-state index contributed by atoms with van der Waals surface area (Å²) in [6.45, 7) is 0. The molecule has 0 aliphatic heterocycles. The predicted octanol–water partition coefficient (Wildman–Crippen LogP) is 0.697. The van der Waals surface area contributed by atoms with Crippen molar-refractivity contribution in [1.82, 2.24) is 9.97 Å². The summed E-state index contributed by atoms with van der Waals surface area (Å²) >= 11 is 3.05. The predicted molar refractivity (Wildman–Crippen MR) is 39.9 cm³/mol. The van der Waals surface area contributed by atoms with E-state index >= 15 is 0 Å². The molecule has 0 unspecified atom stereocenters. The van der Waals surface area contributed by atoms with Crippen LogP contribution >= 0.6 is 15.9 Å². The number of aromatic nitrogens is 2. The lowest BCUT2D eigenvalue weighted by Crippen LogP contribution is -2.17. The van der Waals surface area contributed by atoms with E-state index in [0.717, 1.165) is 0 Å². The molecular formula is C5H4BrN3O2. The molecule has 1 amide bonds. The normalized spacial score (nSPS) is 9.18. The van der Waals surface area contributed by atoms with Crippen molar-refractivity contribution in [3.63, 3.8) is 0 Å². The van der Waals surface area contributed by atoms with Crippen LogP contribution in [-0.2, 0) is 0 Å². The fourth-order valence-electron chi connectivity index (χ4n) is 0.478. The van der Waals surface area contributed by atoms with Gasteiger partial charge in [-0.1, -0.05) is 0 Å². The monoisotopic (exact) mass is 217 g/mol. The SMILES string of the molecule is NC(=O)Oc1cncc(Br)n1. The summed E-state index contributed by atoms with van der Waals surface area (Å²) in [5.74, 6) is 0.0758. The smallest absolute Gasteiger partial charge is 0.390 e. The average molecular weight is 218 g/mol. The van der Waals surface area contributed by atoms with Crippen LogP contribution in [0, 0.1) is 0 Å². The molecule has 0 aliphatic rings. The minimum Gasteiger partial charge on any atom is -0.390 e. The average Bonchev–Trinajstić information content (AvgIpc) is 1.85. The summed E-state index contributed by atoms with van der Waals surface area (Å²) in [6, 6.07) is 0. The Balaban J connectivity index is 2.79. The van der Waals surface area contributed by atoms with Gasteiger partial charge in [0, 0.05) is 0 Å². The molecule has 0 saturated carbocycles. The van der Waals surface area contributed by atoms with E-state index in [-0.39, 0.29) is 5.88 Å². The van der Waals surface area contributed by atoms with Gasteiger partial charge in [-0.2, -0.15) is 0 Å². The van der Waals surface area contributed by atoms with Gasteiger partial charge in [0.15, 0.2) is 0 Å². The molecule has 0 radical (unpaired) electrons. The molecule has 6 heteroatoms.